The van der Waals surface area contributed by atoms with Crippen molar-refractivity contribution in [3.05, 3.63) is 17.7 Å². The first-order valence-electron chi connectivity index (χ1n) is 7.63. The van der Waals surface area contributed by atoms with Crippen LogP contribution in [0.5, 0.6) is 0 Å². The zero-order valence-electron chi connectivity index (χ0n) is 12.3. The van der Waals surface area contributed by atoms with E-state index in [1.165, 1.54) is 0 Å². The molecule has 2 atom stereocenters. The van der Waals surface area contributed by atoms with Crippen LogP contribution in [0.3, 0.4) is 0 Å². The molecule has 0 amide bonds. The van der Waals surface area contributed by atoms with Crippen LogP contribution in [0.15, 0.2) is 6.07 Å². The van der Waals surface area contributed by atoms with E-state index in [2.05, 4.69) is 15.6 Å². The van der Waals surface area contributed by atoms with Crippen LogP contribution < -0.4 is 10.6 Å². The van der Waals surface area contributed by atoms with Crippen LogP contribution in [0.4, 0.5) is 20.4 Å². The molecule has 1 fully saturated rings. The topological polar surface area (TPSA) is 57.2 Å². The van der Waals surface area contributed by atoms with Gasteiger partial charge in [0.2, 0.25) is 0 Å². The van der Waals surface area contributed by atoms with E-state index in [0.717, 1.165) is 38.2 Å². The van der Waals surface area contributed by atoms with E-state index in [-0.39, 0.29) is 23.7 Å². The van der Waals surface area contributed by atoms with Gasteiger partial charge in [-0.3, -0.25) is 0 Å². The first kappa shape index (κ1) is 15.9. The SMILES string of the molecule is CCCNc1nc(NCC2CCCCC2O)c(F)cc1F. The zero-order valence-corrected chi connectivity index (χ0v) is 12.3. The first-order chi connectivity index (χ1) is 10.1. The monoisotopic (exact) mass is 299 g/mol. The summed E-state index contributed by atoms with van der Waals surface area (Å²) in [4.78, 5) is 3.96. The minimum atomic E-state index is -0.708. The van der Waals surface area contributed by atoms with Crippen molar-refractivity contribution in [2.24, 2.45) is 5.92 Å². The van der Waals surface area contributed by atoms with E-state index in [1.807, 2.05) is 6.92 Å². The summed E-state index contributed by atoms with van der Waals surface area (Å²) >= 11 is 0. The summed E-state index contributed by atoms with van der Waals surface area (Å²) in [5.74, 6) is -1.21. The predicted molar refractivity (Wildman–Crippen MR) is 79.4 cm³/mol. The fourth-order valence-electron chi connectivity index (χ4n) is 2.61. The van der Waals surface area contributed by atoms with Crippen LogP contribution in [0.25, 0.3) is 0 Å². The molecule has 6 heteroatoms. The van der Waals surface area contributed by atoms with Crippen LogP contribution in [0.1, 0.15) is 39.0 Å². The van der Waals surface area contributed by atoms with Crippen molar-refractivity contribution in [3.63, 3.8) is 0 Å². The van der Waals surface area contributed by atoms with Crippen LogP contribution in [0.2, 0.25) is 0 Å². The molecule has 1 aliphatic carbocycles. The number of anilines is 2. The third-order valence-electron chi connectivity index (χ3n) is 3.87. The molecule has 1 aromatic heterocycles. The maximum atomic E-state index is 13.7. The Labute approximate surface area is 124 Å². The van der Waals surface area contributed by atoms with Crippen molar-refractivity contribution in [2.75, 3.05) is 23.7 Å². The molecule has 0 bridgehead atoms. The van der Waals surface area contributed by atoms with Gasteiger partial charge in [0.15, 0.2) is 23.3 Å². The molecule has 3 N–H and O–H groups in total. The molecule has 0 radical (unpaired) electrons. The third-order valence-corrected chi connectivity index (χ3v) is 3.87. The number of aliphatic hydroxyl groups is 1. The number of aromatic nitrogens is 1. The molecule has 0 spiro atoms. The molecular weight excluding hydrogens is 276 g/mol. The van der Waals surface area contributed by atoms with E-state index in [9.17, 15) is 13.9 Å². The maximum Gasteiger partial charge on any atom is 0.168 e. The standard InChI is InChI=1S/C15H23F2N3O/c1-2-7-18-14-11(16)8-12(17)15(20-14)19-9-10-5-3-4-6-13(10)21/h8,10,13,21H,2-7,9H2,1H3,(H2,18,19,20). The Morgan fingerprint density at radius 3 is 2.52 bits per heavy atom. The second kappa shape index (κ2) is 7.54. The Hall–Kier alpha value is -1.43. The molecule has 0 saturated heterocycles. The predicted octanol–water partition coefficient (Wildman–Crippen LogP) is 3.14. The van der Waals surface area contributed by atoms with Crippen molar-refractivity contribution in [1.29, 1.82) is 0 Å². The quantitative estimate of drug-likeness (QED) is 0.755. The third kappa shape index (κ3) is 4.27. The lowest BCUT2D eigenvalue weighted by molar-refractivity contribution is 0.0762. The average Bonchev–Trinajstić information content (AvgIpc) is 2.47. The van der Waals surface area contributed by atoms with Gasteiger partial charge in [-0.15, -0.1) is 0 Å². The number of pyridine rings is 1. The minimum Gasteiger partial charge on any atom is -0.393 e. The van der Waals surface area contributed by atoms with Gasteiger partial charge in [-0.1, -0.05) is 19.8 Å². The Bertz CT molecular complexity index is 470. The van der Waals surface area contributed by atoms with Gasteiger partial charge in [0, 0.05) is 25.1 Å². The largest absolute Gasteiger partial charge is 0.393 e. The van der Waals surface area contributed by atoms with Crippen LogP contribution in [0, 0.1) is 17.6 Å². The molecule has 0 aromatic carbocycles. The van der Waals surface area contributed by atoms with E-state index in [0.29, 0.717) is 13.1 Å². The Balaban J connectivity index is 2.01. The molecular formula is C15H23F2N3O. The minimum absolute atomic E-state index is 0.0350. The summed E-state index contributed by atoms with van der Waals surface area (Å²) < 4.78 is 27.3. The number of rotatable bonds is 6. The highest BCUT2D eigenvalue weighted by molar-refractivity contribution is 5.47. The second-order valence-electron chi connectivity index (χ2n) is 5.57. The summed E-state index contributed by atoms with van der Waals surface area (Å²) in [6.45, 7) is 2.98. The number of halogens is 2. The molecule has 1 saturated carbocycles. The van der Waals surface area contributed by atoms with Crippen LogP contribution in [-0.4, -0.2) is 29.3 Å². The smallest absolute Gasteiger partial charge is 0.168 e. The second-order valence-corrected chi connectivity index (χ2v) is 5.57. The van der Waals surface area contributed by atoms with Crippen LogP contribution in [-0.2, 0) is 0 Å². The highest BCUT2D eigenvalue weighted by Gasteiger charge is 2.23. The zero-order chi connectivity index (χ0) is 15.2. The highest BCUT2D eigenvalue weighted by Crippen LogP contribution is 2.25. The van der Waals surface area contributed by atoms with E-state index in [4.69, 9.17) is 0 Å². The summed E-state index contributed by atoms with van der Waals surface area (Å²) in [7, 11) is 0. The molecule has 1 aromatic rings. The number of aliphatic hydroxyl groups excluding tert-OH is 1. The average molecular weight is 299 g/mol. The number of hydrogen-bond donors (Lipinski definition) is 3. The van der Waals surface area contributed by atoms with Gasteiger partial charge >= 0.3 is 0 Å². The molecule has 4 nitrogen and oxygen atoms in total. The fraction of sp³-hybridized carbons (Fsp3) is 0.667. The number of nitrogens with zero attached hydrogens (tertiary/aromatic N) is 1. The number of nitrogens with one attached hydrogen (secondary N) is 2. The normalized spacial score (nSPS) is 22.1. The van der Waals surface area contributed by atoms with Gasteiger partial charge in [-0.2, -0.15) is 0 Å². The van der Waals surface area contributed by atoms with E-state index < -0.39 is 11.6 Å². The molecule has 1 heterocycles. The van der Waals surface area contributed by atoms with Crippen molar-refractivity contribution in [1.82, 2.24) is 4.98 Å². The summed E-state index contributed by atoms with van der Waals surface area (Å²) in [6, 6.07) is 0.838. The summed E-state index contributed by atoms with van der Waals surface area (Å²) in [6.07, 6.45) is 4.29. The van der Waals surface area contributed by atoms with Gasteiger partial charge in [0.25, 0.3) is 0 Å². The number of hydrogen-bond acceptors (Lipinski definition) is 4. The molecule has 1 aliphatic rings. The van der Waals surface area contributed by atoms with Gasteiger partial charge in [-0.05, 0) is 19.3 Å². The van der Waals surface area contributed by atoms with Crippen molar-refractivity contribution in [3.8, 4) is 0 Å². The Morgan fingerprint density at radius 2 is 1.86 bits per heavy atom. The van der Waals surface area contributed by atoms with E-state index >= 15 is 0 Å². The van der Waals surface area contributed by atoms with Gasteiger partial charge in [-0.25, -0.2) is 13.8 Å². The fourth-order valence-corrected chi connectivity index (χ4v) is 2.61. The molecule has 2 rings (SSSR count). The lowest BCUT2D eigenvalue weighted by atomic mass is 9.86. The first-order valence-corrected chi connectivity index (χ1v) is 7.63. The summed E-state index contributed by atoms with van der Waals surface area (Å²) in [5.41, 5.74) is 0. The molecule has 118 valence electrons. The van der Waals surface area contributed by atoms with Crippen molar-refractivity contribution >= 4 is 11.6 Å². The van der Waals surface area contributed by atoms with Crippen molar-refractivity contribution in [2.45, 2.75) is 45.1 Å². The molecule has 21 heavy (non-hydrogen) atoms. The Kier molecular flexibility index (Phi) is 5.73. The van der Waals surface area contributed by atoms with Crippen LogP contribution >= 0.6 is 0 Å². The van der Waals surface area contributed by atoms with E-state index in [1.54, 1.807) is 0 Å². The van der Waals surface area contributed by atoms with Gasteiger partial charge in [0.1, 0.15) is 0 Å². The van der Waals surface area contributed by atoms with Crippen molar-refractivity contribution < 1.29 is 13.9 Å². The van der Waals surface area contributed by atoms with Gasteiger partial charge in [0.05, 0.1) is 6.10 Å². The van der Waals surface area contributed by atoms with Gasteiger partial charge < -0.3 is 15.7 Å². The lowest BCUT2D eigenvalue weighted by Gasteiger charge is -2.27. The summed E-state index contributed by atoms with van der Waals surface area (Å²) in [5, 5.41) is 15.6. The molecule has 2 unspecified atom stereocenters. The molecule has 0 aliphatic heterocycles. The Morgan fingerprint density at radius 1 is 1.19 bits per heavy atom. The highest BCUT2D eigenvalue weighted by atomic mass is 19.1. The lowest BCUT2D eigenvalue weighted by Crippen LogP contribution is -2.30. The maximum absolute atomic E-state index is 13.7.